The van der Waals surface area contributed by atoms with Gasteiger partial charge >= 0.3 is 0 Å². The van der Waals surface area contributed by atoms with Crippen LogP contribution in [0.15, 0.2) is 107 Å². The monoisotopic (exact) mass is 426 g/mol. The number of rotatable bonds is 6. The number of allylic oxidation sites excluding steroid dienone is 6. The maximum absolute atomic E-state index is 12.9. The Hall–Kier alpha value is -2.91. The second-order valence-corrected chi connectivity index (χ2v) is 9.76. The van der Waals surface area contributed by atoms with E-state index < -0.39 is 10.8 Å². The molecule has 0 aromatic heterocycles. The molecule has 31 heavy (non-hydrogen) atoms. The normalized spacial score (nSPS) is 25.0. The fraction of sp³-hybridized carbons (Fsp3) is 0.214. The van der Waals surface area contributed by atoms with Crippen LogP contribution in [0.25, 0.3) is 0 Å². The van der Waals surface area contributed by atoms with E-state index in [1.54, 1.807) is 11.8 Å². The Morgan fingerprint density at radius 3 is 1.39 bits per heavy atom. The van der Waals surface area contributed by atoms with Gasteiger partial charge in [-0.05, 0) is 26.7 Å². The van der Waals surface area contributed by atoms with Gasteiger partial charge in [0.05, 0.1) is 10.8 Å². The van der Waals surface area contributed by atoms with Gasteiger partial charge in [0.25, 0.3) is 0 Å². The van der Waals surface area contributed by atoms with Crippen molar-refractivity contribution < 1.29 is 9.59 Å². The molecule has 0 heterocycles. The predicted molar refractivity (Wildman–Crippen MR) is 129 cm³/mol. The van der Waals surface area contributed by atoms with Gasteiger partial charge in [-0.1, -0.05) is 109 Å². The third-order valence-electron chi connectivity index (χ3n) is 6.03. The predicted octanol–water partition coefficient (Wildman–Crippen LogP) is 7.19. The summed E-state index contributed by atoms with van der Waals surface area (Å²) in [5.74, 6) is 0.299. The number of hydrogen-bond acceptors (Lipinski definition) is 3. The Labute approximate surface area is 188 Å². The summed E-state index contributed by atoms with van der Waals surface area (Å²) in [5.41, 5.74) is 0.477. The molecule has 156 valence electrons. The Kier molecular flexibility index (Phi) is 5.97. The average Bonchev–Trinajstić information content (AvgIpc) is 2.82. The maximum Gasteiger partial charge on any atom is 0.172 e. The molecule has 2 aromatic rings. The Morgan fingerprint density at radius 2 is 1.06 bits per heavy atom. The highest BCUT2D eigenvalue weighted by Gasteiger charge is 2.33. The van der Waals surface area contributed by atoms with Gasteiger partial charge in [-0.3, -0.25) is 9.59 Å². The fourth-order valence-corrected chi connectivity index (χ4v) is 4.77. The van der Waals surface area contributed by atoms with Crippen LogP contribution in [-0.4, -0.2) is 11.6 Å². The lowest BCUT2D eigenvalue weighted by Gasteiger charge is -2.28. The van der Waals surface area contributed by atoms with Crippen LogP contribution >= 0.6 is 11.8 Å². The van der Waals surface area contributed by atoms with E-state index >= 15 is 0 Å². The highest BCUT2D eigenvalue weighted by molar-refractivity contribution is 8.07. The number of carbonyl (C=O) groups excluding carboxylic acids is 2. The number of Topliss-reactive ketones (excluding diaryl/α,β-unsaturated/α-hetero) is 2. The van der Waals surface area contributed by atoms with Crippen molar-refractivity contribution in [3.63, 3.8) is 0 Å². The van der Waals surface area contributed by atoms with E-state index in [9.17, 15) is 9.59 Å². The van der Waals surface area contributed by atoms with E-state index in [0.29, 0.717) is 12.8 Å². The molecular weight excluding hydrogens is 400 g/mol. The van der Waals surface area contributed by atoms with Crippen molar-refractivity contribution in [3.05, 3.63) is 118 Å². The Morgan fingerprint density at radius 1 is 0.677 bits per heavy atom. The molecule has 2 unspecified atom stereocenters. The van der Waals surface area contributed by atoms with Crippen molar-refractivity contribution in [1.29, 1.82) is 0 Å². The molecule has 0 amide bonds. The maximum atomic E-state index is 12.9. The van der Waals surface area contributed by atoms with Gasteiger partial charge < -0.3 is 0 Å². The summed E-state index contributed by atoms with van der Waals surface area (Å²) >= 11 is 1.68. The molecule has 0 saturated heterocycles. The van der Waals surface area contributed by atoms with Gasteiger partial charge in [-0.15, -0.1) is 0 Å². The SMILES string of the molecule is CC1(C(=O)c2ccccc2)C=CC(SC2=CCC(C)(C(=O)c3ccccc3)C=C2)=CC1. The average molecular weight is 427 g/mol. The molecule has 0 bridgehead atoms. The number of ketones is 2. The summed E-state index contributed by atoms with van der Waals surface area (Å²) < 4.78 is 0. The van der Waals surface area contributed by atoms with Crippen LogP contribution in [0.3, 0.4) is 0 Å². The zero-order valence-electron chi connectivity index (χ0n) is 17.9. The van der Waals surface area contributed by atoms with Crippen molar-refractivity contribution >= 4 is 23.3 Å². The van der Waals surface area contributed by atoms with Crippen molar-refractivity contribution in [3.8, 4) is 0 Å². The van der Waals surface area contributed by atoms with Gasteiger partial charge in [0.15, 0.2) is 11.6 Å². The molecule has 2 aliphatic carbocycles. The number of carbonyl (C=O) groups is 2. The lowest BCUT2D eigenvalue weighted by atomic mass is 9.77. The molecule has 0 spiro atoms. The molecule has 2 nitrogen and oxygen atoms in total. The van der Waals surface area contributed by atoms with Crippen LogP contribution < -0.4 is 0 Å². The van der Waals surface area contributed by atoms with Gasteiger partial charge in [0, 0.05) is 20.9 Å². The van der Waals surface area contributed by atoms with Crippen LogP contribution in [0.1, 0.15) is 47.4 Å². The summed E-state index contributed by atoms with van der Waals surface area (Å²) in [6, 6.07) is 19.0. The first-order valence-corrected chi connectivity index (χ1v) is 11.4. The van der Waals surface area contributed by atoms with Crippen molar-refractivity contribution in [2.24, 2.45) is 10.8 Å². The molecule has 0 aliphatic heterocycles. The molecule has 0 fully saturated rings. The summed E-state index contributed by atoms with van der Waals surface area (Å²) in [7, 11) is 0. The molecule has 0 radical (unpaired) electrons. The first kappa shape index (κ1) is 21.3. The Balaban J connectivity index is 1.39. The molecule has 3 heteroatoms. The van der Waals surface area contributed by atoms with Crippen LogP contribution in [0.2, 0.25) is 0 Å². The third-order valence-corrected chi connectivity index (χ3v) is 7.11. The van der Waals surface area contributed by atoms with Gasteiger partial charge in [0.1, 0.15) is 0 Å². The first-order chi connectivity index (χ1) is 14.9. The molecule has 0 saturated carbocycles. The van der Waals surface area contributed by atoms with Crippen LogP contribution in [0.5, 0.6) is 0 Å². The fourth-order valence-electron chi connectivity index (χ4n) is 3.89. The Bertz CT molecular complexity index is 1020. The minimum Gasteiger partial charge on any atom is -0.293 e. The molecule has 0 N–H and O–H groups in total. The summed E-state index contributed by atoms with van der Waals surface area (Å²) in [6.07, 6.45) is 13.8. The number of thioether (sulfide) groups is 1. The highest BCUT2D eigenvalue weighted by atomic mass is 32.2. The summed E-state index contributed by atoms with van der Waals surface area (Å²) in [6.45, 7) is 3.99. The molecule has 2 aromatic carbocycles. The van der Waals surface area contributed by atoms with E-state index in [4.69, 9.17) is 0 Å². The lowest BCUT2D eigenvalue weighted by molar-refractivity contribution is 0.0864. The first-order valence-electron chi connectivity index (χ1n) is 10.6. The van der Waals surface area contributed by atoms with Crippen molar-refractivity contribution in [1.82, 2.24) is 0 Å². The molecule has 4 rings (SSSR count). The van der Waals surface area contributed by atoms with E-state index in [1.165, 1.54) is 0 Å². The third kappa shape index (κ3) is 4.57. The topological polar surface area (TPSA) is 34.1 Å². The molecule has 2 atom stereocenters. The largest absolute Gasteiger partial charge is 0.293 e. The highest BCUT2D eigenvalue weighted by Crippen LogP contribution is 2.41. The standard InChI is InChI=1S/C28H26O2S/c1-27(25(29)21-9-5-3-6-10-21)17-13-23(14-18-27)31-24-15-19-28(2,20-16-24)26(30)22-11-7-4-8-12-22/h3-17,19H,18,20H2,1-2H3. The zero-order valence-corrected chi connectivity index (χ0v) is 18.7. The number of hydrogen-bond donors (Lipinski definition) is 0. The van der Waals surface area contributed by atoms with Gasteiger partial charge in [-0.2, -0.15) is 0 Å². The molecular formula is C28H26O2S. The van der Waals surface area contributed by atoms with E-state index in [1.807, 2.05) is 98.8 Å². The van der Waals surface area contributed by atoms with Crippen molar-refractivity contribution in [2.45, 2.75) is 26.7 Å². The minimum absolute atomic E-state index is 0.150. The molecule has 2 aliphatic rings. The van der Waals surface area contributed by atoms with Crippen LogP contribution in [0, 0.1) is 10.8 Å². The van der Waals surface area contributed by atoms with E-state index in [2.05, 4.69) is 12.2 Å². The van der Waals surface area contributed by atoms with Gasteiger partial charge in [-0.25, -0.2) is 0 Å². The summed E-state index contributed by atoms with van der Waals surface area (Å²) in [5, 5.41) is 0. The van der Waals surface area contributed by atoms with Crippen LogP contribution in [-0.2, 0) is 0 Å². The summed E-state index contributed by atoms with van der Waals surface area (Å²) in [4.78, 5) is 28.1. The van der Waals surface area contributed by atoms with Crippen LogP contribution in [0.4, 0.5) is 0 Å². The number of benzene rings is 2. The lowest BCUT2D eigenvalue weighted by Crippen LogP contribution is -2.27. The quantitative estimate of drug-likeness (QED) is 0.459. The van der Waals surface area contributed by atoms with Gasteiger partial charge in [0.2, 0.25) is 0 Å². The smallest absolute Gasteiger partial charge is 0.172 e. The van der Waals surface area contributed by atoms with Crippen molar-refractivity contribution in [2.75, 3.05) is 0 Å². The zero-order chi connectivity index (χ0) is 21.9. The van der Waals surface area contributed by atoms with E-state index in [0.717, 1.165) is 20.9 Å². The van der Waals surface area contributed by atoms with E-state index in [-0.39, 0.29) is 11.6 Å². The minimum atomic E-state index is -0.511. The second kappa shape index (κ2) is 8.68. The second-order valence-electron chi connectivity index (χ2n) is 8.62.